The van der Waals surface area contributed by atoms with Crippen molar-refractivity contribution in [3.8, 4) is 5.75 Å². The first-order valence-corrected chi connectivity index (χ1v) is 7.30. The van der Waals surface area contributed by atoms with Crippen LogP contribution in [0.5, 0.6) is 5.75 Å². The lowest BCUT2D eigenvalue weighted by atomic mass is 10.0. The monoisotopic (exact) mass is 313 g/mol. The number of aryl methyl sites for hydroxylation is 1. The summed E-state index contributed by atoms with van der Waals surface area (Å²) in [5, 5.41) is 11.6. The largest absolute Gasteiger partial charge is 0.482 e. The van der Waals surface area contributed by atoms with Crippen molar-refractivity contribution in [2.45, 2.75) is 33.7 Å². The third kappa shape index (κ3) is 4.86. The zero-order valence-corrected chi connectivity index (χ0v) is 13.2. The van der Waals surface area contributed by atoms with Crippen molar-refractivity contribution in [2.75, 3.05) is 6.61 Å². The van der Waals surface area contributed by atoms with E-state index in [2.05, 4.69) is 5.32 Å². The molecule has 0 aliphatic carbocycles. The van der Waals surface area contributed by atoms with Crippen LogP contribution in [0.25, 0.3) is 0 Å². The molecule has 0 radical (unpaired) electrons. The zero-order valence-electron chi connectivity index (χ0n) is 12.4. The van der Waals surface area contributed by atoms with E-state index in [1.807, 2.05) is 13.8 Å². The first-order valence-electron chi connectivity index (χ1n) is 6.48. The third-order valence-electron chi connectivity index (χ3n) is 2.80. The highest BCUT2D eigenvalue weighted by molar-refractivity contribution is 7.14. The number of Topliss-reactive ketones (excluding diaryl/α,β-unsaturated/α-hetero) is 1. The minimum absolute atomic E-state index is 0.0237. The van der Waals surface area contributed by atoms with Crippen molar-refractivity contribution in [1.29, 1.82) is 0 Å². The number of thiophene rings is 1. The number of carboxylic acids is 1. The predicted molar refractivity (Wildman–Crippen MR) is 79.0 cm³/mol. The molecule has 1 heterocycles. The van der Waals surface area contributed by atoms with Crippen LogP contribution in [0.1, 0.15) is 35.3 Å². The van der Waals surface area contributed by atoms with Gasteiger partial charge in [-0.15, -0.1) is 11.3 Å². The molecule has 1 aromatic rings. The molecule has 1 aromatic heterocycles. The molecule has 1 atom stereocenters. The number of hydrogen-bond donors (Lipinski definition) is 2. The molecule has 0 spiro atoms. The Bertz CT molecular complexity index is 550. The van der Waals surface area contributed by atoms with Gasteiger partial charge >= 0.3 is 5.97 Å². The van der Waals surface area contributed by atoms with Gasteiger partial charge in [-0.25, -0.2) is 4.79 Å². The normalized spacial score (nSPS) is 12.0. The molecular weight excluding hydrogens is 294 g/mol. The number of carboxylic acid groups (broad SMARTS) is 1. The Morgan fingerprint density at radius 3 is 2.48 bits per heavy atom. The minimum Gasteiger partial charge on any atom is -0.482 e. The van der Waals surface area contributed by atoms with Crippen LogP contribution in [0.3, 0.4) is 0 Å². The molecule has 0 aliphatic heterocycles. The van der Waals surface area contributed by atoms with Gasteiger partial charge in [-0.05, 0) is 25.8 Å². The first-order chi connectivity index (χ1) is 9.72. The van der Waals surface area contributed by atoms with Crippen LogP contribution in [0.4, 0.5) is 0 Å². The van der Waals surface area contributed by atoms with E-state index in [4.69, 9.17) is 9.84 Å². The fourth-order valence-corrected chi connectivity index (χ4v) is 2.64. The summed E-state index contributed by atoms with van der Waals surface area (Å²) in [7, 11) is 0. The lowest BCUT2D eigenvalue weighted by Gasteiger charge is -2.19. The van der Waals surface area contributed by atoms with Crippen LogP contribution in [-0.2, 0) is 9.59 Å². The topological polar surface area (TPSA) is 92.7 Å². The van der Waals surface area contributed by atoms with E-state index in [1.165, 1.54) is 6.92 Å². The highest BCUT2D eigenvalue weighted by Gasteiger charge is 2.21. The maximum atomic E-state index is 11.8. The van der Waals surface area contributed by atoms with E-state index >= 15 is 0 Å². The summed E-state index contributed by atoms with van der Waals surface area (Å²) in [5.41, 5.74) is 0. The molecule has 0 saturated carbocycles. The number of aromatic carboxylic acids is 1. The van der Waals surface area contributed by atoms with Gasteiger partial charge in [0, 0.05) is 4.88 Å². The number of hydrogen-bond acceptors (Lipinski definition) is 5. The third-order valence-corrected chi connectivity index (χ3v) is 3.82. The van der Waals surface area contributed by atoms with Crippen molar-refractivity contribution in [3.63, 3.8) is 0 Å². The molecule has 1 rings (SSSR count). The maximum Gasteiger partial charge on any atom is 0.349 e. The summed E-state index contributed by atoms with van der Waals surface area (Å²) in [6, 6.07) is 1.01. The number of amides is 1. The number of nitrogens with one attached hydrogen (secondary N) is 1. The van der Waals surface area contributed by atoms with Crippen molar-refractivity contribution in [3.05, 3.63) is 15.8 Å². The fraction of sp³-hybridized carbons (Fsp3) is 0.500. The predicted octanol–water partition coefficient (Wildman–Crippen LogP) is 1.86. The van der Waals surface area contributed by atoms with Crippen molar-refractivity contribution < 1.29 is 24.2 Å². The summed E-state index contributed by atoms with van der Waals surface area (Å²) in [6.45, 7) is 6.51. The lowest BCUT2D eigenvalue weighted by molar-refractivity contribution is -0.129. The SMILES string of the molecule is CC(=O)C(NC(=O)COc1cc(C)sc1C(=O)O)C(C)C. The van der Waals surface area contributed by atoms with Crippen molar-refractivity contribution in [2.24, 2.45) is 5.92 Å². The molecule has 2 N–H and O–H groups in total. The molecule has 6 nitrogen and oxygen atoms in total. The zero-order chi connectivity index (χ0) is 16.2. The average molecular weight is 313 g/mol. The smallest absolute Gasteiger partial charge is 0.349 e. The minimum atomic E-state index is -1.09. The van der Waals surface area contributed by atoms with Gasteiger partial charge in [0.1, 0.15) is 5.75 Å². The van der Waals surface area contributed by atoms with Crippen LogP contribution in [0.2, 0.25) is 0 Å². The molecule has 0 bridgehead atoms. The van der Waals surface area contributed by atoms with Gasteiger partial charge < -0.3 is 15.2 Å². The highest BCUT2D eigenvalue weighted by Crippen LogP contribution is 2.28. The maximum absolute atomic E-state index is 11.8. The van der Waals surface area contributed by atoms with Crippen molar-refractivity contribution >= 4 is 29.0 Å². The Hall–Kier alpha value is -1.89. The highest BCUT2D eigenvalue weighted by atomic mass is 32.1. The number of ketones is 1. The fourth-order valence-electron chi connectivity index (χ4n) is 1.84. The second-order valence-corrected chi connectivity index (χ2v) is 6.30. The second-order valence-electron chi connectivity index (χ2n) is 5.04. The summed E-state index contributed by atoms with van der Waals surface area (Å²) in [6.07, 6.45) is 0. The Balaban J connectivity index is 2.65. The van der Waals surface area contributed by atoms with Gasteiger partial charge in [-0.3, -0.25) is 9.59 Å². The number of carbonyl (C=O) groups is 3. The Kier molecular flexibility index (Phi) is 5.90. The number of carbonyl (C=O) groups excluding carboxylic acids is 2. The quantitative estimate of drug-likeness (QED) is 0.801. The Morgan fingerprint density at radius 2 is 2.00 bits per heavy atom. The summed E-state index contributed by atoms with van der Waals surface area (Å²) < 4.78 is 5.25. The average Bonchev–Trinajstić information content (AvgIpc) is 2.74. The molecule has 0 fully saturated rings. The molecule has 1 amide bonds. The molecule has 0 aromatic carbocycles. The summed E-state index contributed by atoms with van der Waals surface area (Å²) >= 11 is 1.09. The van der Waals surface area contributed by atoms with E-state index in [9.17, 15) is 14.4 Å². The summed E-state index contributed by atoms with van der Waals surface area (Å²) in [5.74, 6) is -1.53. The van der Waals surface area contributed by atoms with E-state index in [-0.39, 0.29) is 28.9 Å². The van der Waals surface area contributed by atoms with Crippen LogP contribution in [-0.4, -0.2) is 35.4 Å². The van der Waals surface area contributed by atoms with Crippen LogP contribution in [0.15, 0.2) is 6.07 Å². The van der Waals surface area contributed by atoms with Gasteiger partial charge in [0.25, 0.3) is 5.91 Å². The van der Waals surface area contributed by atoms with Gasteiger partial charge in [0.05, 0.1) is 6.04 Å². The first kappa shape index (κ1) is 17.2. The molecule has 21 heavy (non-hydrogen) atoms. The van der Waals surface area contributed by atoms with Gasteiger partial charge in [-0.2, -0.15) is 0 Å². The number of rotatable bonds is 7. The Morgan fingerprint density at radius 1 is 1.38 bits per heavy atom. The molecule has 0 saturated heterocycles. The second kappa shape index (κ2) is 7.21. The van der Waals surface area contributed by atoms with Crippen molar-refractivity contribution in [1.82, 2.24) is 5.32 Å². The molecule has 7 heteroatoms. The lowest BCUT2D eigenvalue weighted by Crippen LogP contribution is -2.45. The summed E-state index contributed by atoms with van der Waals surface area (Å²) in [4.78, 5) is 35.1. The van der Waals surface area contributed by atoms with Gasteiger partial charge in [-0.1, -0.05) is 13.8 Å². The standard InChI is InChI=1S/C14H19NO5S/c1-7(2)12(9(4)16)15-11(17)6-20-10-5-8(3)21-13(10)14(18)19/h5,7,12H,6H2,1-4H3,(H,15,17)(H,18,19). The van der Waals surface area contributed by atoms with Gasteiger partial charge in [0.15, 0.2) is 17.3 Å². The van der Waals surface area contributed by atoms with Gasteiger partial charge in [0.2, 0.25) is 0 Å². The van der Waals surface area contributed by atoms with E-state index in [0.717, 1.165) is 16.2 Å². The molecular formula is C14H19NO5S. The van der Waals surface area contributed by atoms with Crippen LogP contribution >= 0.6 is 11.3 Å². The molecule has 0 aliphatic rings. The van der Waals surface area contributed by atoms with E-state index < -0.39 is 17.9 Å². The molecule has 1 unspecified atom stereocenters. The van der Waals surface area contributed by atoms with E-state index in [0.29, 0.717) is 0 Å². The van der Waals surface area contributed by atoms with E-state index in [1.54, 1.807) is 13.0 Å². The molecule has 116 valence electrons. The number of ether oxygens (including phenoxy) is 1. The Labute approximate surface area is 127 Å². The van der Waals surface area contributed by atoms with Crippen LogP contribution < -0.4 is 10.1 Å². The van der Waals surface area contributed by atoms with Crippen LogP contribution in [0, 0.1) is 12.8 Å².